The van der Waals surface area contributed by atoms with Gasteiger partial charge in [0, 0.05) is 17.8 Å². The van der Waals surface area contributed by atoms with Crippen LogP contribution >= 0.6 is 0 Å². The topological polar surface area (TPSA) is 75.1 Å². The number of rotatable bonds is 3. The van der Waals surface area contributed by atoms with Gasteiger partial charge < -0.3 is 19.5 Å². The lowest BCUT2D eigenvalue weighted by molar-refractivity contribution is -0.0829. The van der Waals surface area contributed by atoms with E-state index in [0.717, 1.165) is 44.7 Å². The van der Waals surface area contributed by atoms with E-state index in [1.807, 2.05) is 6.07 Å². The normalized spacial score (nSPS) is 30.2. The zero-order chi connectivity index (χ0) is 18.1. The van der Waals surface area contributed by atoms with Gasteiger partial charge in [-0.15, -0.1) is 0 Å². The largest absolute Gasteiger partial charge is 0.481 e. The molecule has 142 valence electrons. The van der Waals surface area contributed by atoms with Crippen molar-refractivity contribution in [2.24, 2.45) is 0 Å². The fourth-order valence-electron chi connectivity index (χ4n) is 4.96. The Bertz CT molecular complexity index is 633. The Kier molecular flexibility index (Phi) is 5.00. The zero-order valence-electron chi connectivity index (χ0n) is 15.2. The highest BCUT2D eigenvalue weighted by molar-refractivity contribution is 5.66. The maximum absolute atomic E-state index is 11.6. The van der Waals surface area contributed by atoms with Crippen molar-refractivity contribution in [1.82, 2.24) is 14.8 Å². The van der Waals surface area contributed by atoms with E-state index in [2.05, 4.69) is 16.0 Å². The average molecular weight is 361 g/mol. The van der Waals surface area contributed by atoms with E-state index in [0.29, 0.717) is 25.2 Å². The summed E-state index contributed by atoms with van der Waals surface area (Å²) in [6.07, 6.45) is 4.91. The Labute approximate surface area is 153 Å². The minimum Gasteiger partial charge on any atom is -0.481 e. The molecular formula is C19H27N3O4. The Morgan fingerprint density at radius 1 is 1.23 bits per heavy atom. The second-order valence-corrected chi connectivity index (χ2v) is 7.57. The number of hydrogen-bond donors (Lipinski definition) is 1. The number of hydrogen-bond acceptors (Lipinski definition) is 5. The highest BCUT2D eigenvalue weighted by Gasteiger charge is 2.43. The summed E-state index contributed by atoms with van der Waals surface area (Å²) in [6.45, 7) is 3.15. The van der Waals surface area contributed by atoms with Gasteiger partial charge in [-0.3, -0.25) is 4.90 Å². The summed E-state index contributed by atoms with van der Waals surface area (Å²) in [5.74, 6) is 1.23. The summed E-state index contributed by atoms with van der Waals surface area (Å²) in [5, 5.41) is 9.49. The van der Waals surface area contributed by atoms with Crippen molar-refractivity contribution in [3.8, 4) is 5.88 Å². The quantitative estimate of drug-likeness (QED) is 0.889. The van der Waals surface area contributed by atoms with E-state index in [9.17, 15) is 9.90 Å². The number of aromatic nitrogens is 1. The van der Waals surface area contributed by atoms with Crippen LogP contribution in [0.25, 0.3) is 0 Å². The molecule has 0 aromatic carbocycles. The van der Waals surface area contributed by atoms with Crippen LogP contribution in [0, 0.1) is 0 Å². The standard InChI is InChI=1S/C19H27N3O4/c1-25-18-17(3-2-6-20-18)13-4-7-21(8-5-13)14-9-15-11-26-12-16(10-14)22(15)19(23)24/h2-3,6,13-16H,4-5,7-12H2,1H3,(H,23,24). The summed E-state index contributed by atoms with van der Waals surface area (Å²) >= 11 is 0. The lowest BCUT2D eigenvalue weighted by atomic mass is 9.85. The molecule has 0 radical (unpaired) electrons. The SMILES string of the molecule is COc1ncccc1C1CCN(C2CC3COCC(C2)N3C(=O)O)CC1. The molecule has 3 aliphatic rings. The predicted octanol–water partition coefficient (Wildman–Crippen LogP) is 2.18. The lowest BCUT2D eigenvalue weighted by Crippen LogP contribution is -2.62. The zero-order valence-corrected chi connectivity index (χ0v) is 15.2. The van der Waals surface area contributed by atoms with Crippen molar-refractivity contribution >= 4 is 6.09 Å². The Balaban J connectivity index is 1.39. The minimum absolute atomic E-state index is 0.00106. The fourth-order valence-corrected chi connectivity index (χ4v) is 4.96. The van der Waals surface area contributed by atoms with Crippen molar-refractivity contribution in [3.05, 3.63) is 23.9 Å². The second kappa shape index (κ2) is 7.40. The van der Waals surface area contributed by atoms with Crippen LogP contribution in [0.2, 0.25) is 0 Å². The highest BCUT2D eigenvalue weighted by atomic mass is 16.5. The van der Waals surface area contributed by atoms with Crippen molar-refractivity contribution in [2.45, 2.75) is 49.7 Å². The highest BCUT2D eigenvalue weighted by Crippen LogP contribution is 2.36. The predicted molar refractivity (Wildman–Crippen MR) is 95.6 cm³/mol. The van der Waals surface area contributed by atoms with Gasteiger partial charge in [-0.1, -0.05) is 6.07 Å². The number of carbonyl (C=O) groups is 1. The fraction of sp³-hybridized carbons (Fsp3) is 0.684. The van der Waals surface area contributed by atoms with Crippen molar-refractivity contribution in [3.63, 3.8) is 0 Å². The molecule has 1 aromatic heterocycles. The molecule has 3 aliphatic heterocycles. The van der Waals surface area contributed by atoms with E-state index in [1.54, 1.807) is 18.2 Å². The maximum Gasteiger partial charge on any atom is 0.407 e. The van der Waals surface area contributed by atoms with Crippen LogP contribution in [0.4, 0.5) is 4.79 Å². The van der Waals surface area contributed by atoms with E-state index in [4.69, 9.17) is 9.47 Å². The molecule has 1 amide bonds. The maximum atomic E-state index is 11.6. The third kappa shape index (κ3) is 3.25. The van der Waals surface area contributed by atoms with Crippen LogP contribution in [0.15, 0.2) is 18.3 Å². The Morgan fingerprint density at radius 3 is 2.54 bits per heavy atom. The van der Waals surface area contributed by atoms with Gasteiger partial charge >= 0.3 is 6.09 Å². The van der Waals surface area contributed by atoms with Crippen molar-refractivity contribution < 1.29 is 19.4 Å². The van der Waals surface area contributed by atoms with Crippen LogP contribution in [0.5, 0.6) is 5.88 Å². The first-order valence-corrected chi connectivity index (χ1v) is 9.49. The van der Waals surface area contributed by atoms with Crippen LogP contribution in [-0.4, -0.2) is 77.5 Å². The number of piperidine rings is 2. The number of fused-ring (bicyclic) bond motifs is 2. The third-order valence-corrected chi connectivity index (χ3v) is 6.20. The van der Waals surface area contributed by atoms with E-state index in [1.165, 1.54) is 5.56 Å². The molecule has 0 spiro atoms. The molecule has 2 unspecified atom stereocenters. The van der Waals surface area contributed by atoms with Crippen molar-refractivity contribution in [1.29, 1.82) is 0 Å². The summed E-state index contributed by atoms with van der Waals surface area (Å²) < 4.78 is 11.0. The number of ether oxygens (including phenoxy) is 2. The number of likely N-dealkylation sites (tertiary alicyclic amines) is 1. The van der Waals surface area contributed by atoms with Gasteiger partial charge in [0.1, 0.15) is 0 Å². The molecule has 4 heterocycles. The van der Waals surface area contributed by atoms with Crippen LogP contribution in [0.3, 0.4) is 0 Å². The van der Waals surface area contributed by atoms with Crippen LogP contribution in [-0.2, 0) is 4.74 Å². The number of nitrogens with zero attached hydrogens (tertiary/aromatic N) is 3. The number of methoxy groups -OCH3 is 1. The van der Waals surface area contributed by atoms with Crippen molar-refractivity contribution in [2.75, 3.05) is 33.4 Å². The van der Waals surface area contributed by atoms with Gasteiger partial charge in [-0.25, -0.2) is 9.78 Å². The molecular weight excluding hydrogens is 334 g/mol. The molecule has 0 saturated carbocycles. The molecule has 3 saturated heterocycles. The summed E-state index contributed by atoms with van der Waals surface area (Å²) in [7, 11) is 1.68. The first-order chi connectivity index (χ1) is 12.7. The monoisotopic (exact) mass is 361 g/mol. The number of amides is 1. The molecule has 3 fully saturated rings. The van der Waals surface area contributed by atoms with Crippen LogP contribution in [0.1, 0.15) is 37.2 Å². The number of pyridine rings is 1. The molecule has 7 heteroatoms. The lowest BCUT2D eigenvalue weighted by Gasteiger charge is -2.50. The van der Waals surface area contributed by atoms with Gasteiger partial charge in [0.2, 0.25) is 5.88 Å². The molecule has 1 N–H and O–H groups in total. The molecule has 2 atom stereocenters. The van der Waals surface area contributed by atoms with Crippen LogP contribution < -0.4 is 4.74 Å². The van der Waals surface area contributed by atoms with E-state index < -0.39 is 6.09 Å². The Morgan fingerprint density at radius 2 is 1.92 bits per heavy atom. The molecule has 2 bridgehead atoms. The summed E-state index contributed by atoms with van der Waals surface area (Å²) in [4.78, 5) is 20.1. The Hall–Kier alpha value is -1.86. The van der Waals surface area contributed by atoms with Gasteiger partial charge in [-0.2, -0.15) is 0 Å². The van der Waals surface area contributed by atoms with E-state index >= 15 is 0 Å². The van der Waals surface area contributed by atoms with Gasteiger partial charge in [-0.05, 0) is 50.8 Å². The molecule has 4 rings (SSSR count). The smallest absolute Gasteiger partial charge is 0.407 e. The molecule has 1 aromatic rings. The van der Waals surface area contributed by atoms with E-state index in [-0.39, 0.29) is 12.1 Å². The molecule has 0 aliphatic carbocycles. The van der Waals surface area contributed by atoms with Gasteiger partial charge in [0.15, 0.2) is 0 Å². The van der Waals surface area contributed by atoms with Gasteiger partial charge in [0.05, 0.1) is 32.4 Å². The first kappa shape index (κ1) is 17.5. The molecule has 7 nitrogen and oxygen atoms in total. The second-order valence-electron chi connectivity index (χ2n) is 7.57. The third-order valence-electron chi connectivity index (χ3n) is 6.20. The summed E-state index contributed by atoms with van der Waals surface area (Å²) in [5.41, 5.74) is 1.21. The van der Waals surface area contributed by atoms with Gasteiger partial charge in [0.25, 0.3) is 0 Å². The molecule has 26 heavy (non-hydrogen) atoms. The average Bonchev–Trinajstić information content (AvgIpc) is 2.67. The minimum atomic E-state index is -0.802. The first-order valence-electron chi connectivity index (χ1n) is 9.49. The number of carboxylic acid groups (broad SMARTS) is 1. The summed E-state index contributed by atoms with van der Waals surface area (Å²) in [6, 6.07) is 4.57. The number of morpholine rings is 1.